The number of esters is 1. The lowest BCUT2D eigenvalue weighted by Crippen LogP contribution is -2.43. The molecule has 1 N–H and O–H groups in total. The van der Waals surface area contributed by atoms with E-state index in [-0.39, 0.29) is 18.3 Å². The van der Waals surface area contributed by atoms with Crippen molar-refractivity contribution in [2.75, 3.05) is 56.6 Å². The Balaban J connectivity index is 1.36. The second-order valence-corrected chi connectivity index (χ2v) is 11.3. The number of benzene rings is 2. The largest absolute Gasteiger partial charge is 0.466 e. The molecule has 1 saturated heterocycles. The van der Waals surface area contributed by atoms with Gasteiger partial charge in [0.25, 0.3) is 5.91 Å². The molecular formula is C35H41N7O3. The molecule has 1 fully saturated rings. The van der Waals surface area contributed by atoms with E-state index in [0.717, 1.165) is 55.2 Å². The number of hydrogen-bond donors (Lipinski definition) is 1. The molecule has 0 aliphatic carbocycles. The quantitative estimate of drug-likeness (QED) is 0.214. The molecule has 4 aromatic rings. The van der Waals surface area contributed by atoms with Crippen molar-refractivity contribution in [3.63, 3.8) is 0 Å². The highest BCUT2D eigenvalue weighted by Gasteiger charge is 2.20. The van der Waals surface area contributed by atoms with Gasteiger partial charge < -0.3 is 19.9 Å². The second-order valence-electron chi connectivity index (χ2n) is 11.3. The van der Waals surface area contributed by atoms with Crippen molar-refractivity contribution < 1.29 is 14.3 Å². The van der Waals surface area contributed by atoms with Crippen LogP contribution in [-0.2, 0) is 16.1 Å². The van der Waals surface area contributed by atoms with Gasteiger partial charge in [0, 0.05) is 86.8 Å². The Kier molecular flexibility index (Phi) is 10.8. The first-order valence-corrected chi connectivity index (χ1v) is 15.5. The molecule has 0 bridgehead atoms. The Labute approximate surface area is 265 Å². The van der Waals surface area contributed by atoms with Crippen molar-refractivity contribution >= 4 is 29.2 Å². The number of aromatic nitrogens is 3. The standard InChI is InChI=1S/C35H41N7O3/c1-4-45-33(43)8-6-18-42(34(44)28-12-10-27(11-13-28)25-41-21-19-40(3)20-22-41)30-14-9-26(2)32(23-30)39-35-37-17-15-31(38-35)29-7-5-16-36-24-29/h5,7,9-17,23-24H,4,6,8,18-22,25H2,1-3H3,(H,37,38,39). The summed E-state index contributed by atoms with van der Waals surface area (Å²) in [6.45, 7) is 9.53. The Morgan fingerprint density at radius 3 is 2.53 bits per heavy atom. The van der Waals surface area contributed by atoms with Crippen LogP contribution in [0.15, 0.2) is 79.3 Å². The monoisotopic (exact) mass is 607 g/mol. The number of ether oxygens (including phenoxy) is 1. The van der Waals surface area contributed by atoms with Crippen LogP contribution in [-0.4, -0.2) is 83.0 Å². The SMILES string of the molecule is CCOC(=O)CCCN(C(=O)c1ccc(CN2CCN(C)CC2)cc1)c1ccc(C)c(Nc2nccc(-c3cccnc3)n2)c1. The van der Waals surface area contributed by atoms with Gasteiger partial charge in [-0.3, -0.25) is 19.5 Å². The van der Waals surface area contributed by atoms with Gasteiger partial charge in [0.1, 0.15) is 0 Å². The van der Waals surface area contributed by atoms with Gasteiger partial charge in [0.05, 0.1) is 12.3 Å². The van der Waals surface area contributed by atoms with Crippen LogP contribution in [0.5, 0.6) is 0 Å². The topological polar surface area (TPSA) is 104 Å². The minimum atomic E-state index is -0.268. The molecule has 10 nitrogen and oxygen atoms in total. The molecule has 1 aliphatic heterocycles. The second kappa shape index (κ2) is 15.4. The average Bonchev–Trinajstić information content (AvgIpc) is 3.06. The lowest BCUT2D eigenvalue weighted by molar-refractivity contribution is -0.143. The lowest BCUT2D eigenvalue weighted by atomic mass is 10.1. The van der Waals surface area contributed by atoms with E-state index in [1.807, 2.05) is 67.6 Å². The van der Waals surface area contributed by atoms with Gasteiger partial charge in [-0.05, 0) is 80.9 Å². The van der Waals surface area contributed by atoms with Crippen LogP contribution in [0.2, 0.25) is 0 Å². The molecule has 1 aliphatic rings. The highest BCUT2D eigenvalue weighted by atomic mass is 16.5. The Morgan fingerprint density at radius 1 is 1.00 bits per heavy atom. The molecule has 1 amide bonds. The van der Waals surface area contributed by atoms with E-state index in [1.165, 1.54) is 5.56 Å². The predicted molar refractivity (Wildman–Crippen MR) is 176 cm³/mol. The first-order chi connectivity index (χ1) is 21.9. The molecule has 234 valence electrons. The first-order valence-electron chi connectivity index (χ1n) is 15.5. The molecule has 3 heterocycles. The summed E-state index contributed by atoms with van der Waals surface area (Å²) in [7, 11) is 2.15. The summed E-state index contributed by atoms with van der Waals surface area (Å²) in [6.07, 6.45) is 5.89. The van der Waals surface area contributed by atoms with E-state index < -0.39 is 0 Å². The van der Waals surface area contributed by atoms with E-state index in [9.17, 15) is 9.59 Å². The van der Waals surface area contributed by atoms with E-state index in [1.54, 1.807) is 30.4 Å². The van der Waals surface area contributed by atoms with E-state index in [4.69, 9.17) is 4.74 Å². The average molecular weight is 608 g/mol. The van der Waals surface area contributed by atoms with Crippen LogP contribution in [0.4, 0.5) is 17.3 Å². The lowest BCUT2D eigenvalue weighted by Gasteiger charge is -2.32. The third kappa shape index (κ3) is 8.71. The van der Waals surface area contributed by atoms with Crippen molar-refractivity contribution in [2.24, 2.45) is 0 Å². The number of hydrogen-bond acceptors (Lipinski definition) is 9. The van der Waals surface area contributed by atoms with Crippen molar-refractivity contribution in [2.45, 2.75) is 33.2 Å². The minimum Gasteiger partial charge on any atom is -0.466 e. The molecular weight excluding hydrogens is 566 g/mol. The maximum absolute atomic E-state index is 14.0. The number of pyridine rings is 1. The number of aryl methyl sites for hydroxylation is 1. The van der Waals surface area contributed by atoms with Crippen LogP contribution in [0.25, 0.3) is 11.3 Å². The van der Waals surface area contributed by atoms with Crippen LogP contribution >= 0.6 is 0 Å². The summed E-state index contributed by atoms with van der Waals surface area (Å²) in [5.74, 6) is 0.0393. The van der Waals surface area contributed by atoms with Crippen LogP contribution in [0.3, 0.4) is 0 Å². The smallest absolute Gasteiger partial charge is 0.305 e. The van der Waals surface area contributed by atoms with Gasteiger partial charge >= 0.3 is 5.97 Å². The van der Waals surface area contributed by atoms with Crippen molar-refractivity contribution in [1.29, 1.82) is 0 Å². The van der Waals surface area contributed by atoms with Gasteiger partial charge in [-0.15, -0.1) is 0 Å². The van der Waals surface area contributed by atoms with Crippen LogP contribution in [0, 0.1) is 6.92 Å². The predicted octanol–water partition coefficient (Wildman–Crippen LogP) is 5.33. The van der Waals surface area contributed by atoms with E-state index in [0.29, 0.717) is 36.8 Å². The number of nitrogens with one attached hydrogen (secondary N) is 1. The molecule has 0 radical (unpaired) electrons. The van der Waals surface area contributed by atoms with Gasteiger partial charge in [-0.2, -0.15) is 0 Å². The molecule has 0 spiro atoms. The fraction of sp³-hybridized carbons (Fsp3) is 0.343. The number of nitrogens with zero attached hydrogens (tertiary/aromatic N) is 6. The molecule has 10 heteroatoms. The Morgan fingerprint density at radius 2 is 1.80 bits per heavy atom. The zero-order chi connectivity index (χ0) is 31.6. The maximum atomic E-state index is 14.0. The number of anilines is 3. The Hall–Kier alpha value is -4.67. The zero-order valence-corrected chi connectivity index (χ0v) is 26.3. The normalized spacial score (nSPS) is 13.8. The van der Waals surface area contributed by atoms with Crippen LogP contribution < -0.4 is 10.2 Å². The minimum absolute atomic E-state index is 0.130. The molecule has 2 aromatic carbocycles. The zero-order valence-electron chi connectivity index (χ0n) is 26.3. The van der Waals surface area contributed by atoms with Crippen LogP contribution in [0.1, 0.15) is 41.3 Å². The molecule has 0 atom stereocenters. The molecule has 45 heavy (non-hydrogen) atoms. The summed E-state index contributed by atoms with van der Waals surface area (Å²) in [5, 5.41) is 3.33. The number of carbonyl (C=O) groups is 2. The highest BCUT2D eigenvalue weighted by Crippen LogP contribution is 2.28. The van der Waals surface area contributed by atoms with Gasteiger partial charge in [0.2, 0.25) is 5.95 Å². The summed E-state index contributed by atoms with van der Waals surface area (Å²) >= 11 is 0. The van der Waals surface area contributed by atoms with Crippen molar-refractivity contribution in [3.8, 4) is 11.3 Å². The summed E-state index contributed by atoms with van der Waals surface area (Å²) in [6, 6.07) is 19.4. The number of rotatable bonds is 12. The van der Waals surface area contributed by atoms with Gasteiger partial charge in [-0.1, -0.05) is 18.2 Å². The maximum Gasteiger partial charge on any atom is 0.305 e. The number of likely N-dealkylation sites (N-methyl/N-ethyl adjacent to an activating group) is 1. The summed E-state index contributed by atoms with van der Waals surface area (Å²) in [4.78, 5) is 45.9. The van der Waals surface area contributed by atoms with Gasteiger partial charge in [0.15, 0.2) is 0 Å². The molecule has 2 aromatic heterocycles. The highest BCUT2D eigenvalue weighted by molar-refractivity contribution is 6.06. The van der Waals surface area contributed by atoms with Crippen molar-refractivity contribution in [1.82, 2.24) is 24.8 Å². The Bertz CT molecular complexity index is 1570. The van der Waals surface area contributed by atoms with Gasteiger partial charge in [-0.25, -0.2) is 9.97 Å². The summed E-state index contributed by atoms with van der Waals surface area (Å²) < 4.78 is 5.12. The fourth-order valence-corrected chi connectivity index (χ4v) is 5.26. The number of amides is 1. The third-order valence-corrected chi connectivity index (χ3v) is 7.91. The third-order valence-electron chi connectivity index (χ3n) is 7.91. The fourth-order valence-electron chi connectivity index (χ4n) is 5.26. The van der Waals surface area contributed by atoms with E-state index in [2.05, 4.69) is 37.1 Å². The summed E-state index contributed by atoms with van der Waals surface area (Å²) in [5.41, 5.74) is 5.88. The molecule has 0 unspecified atom stereocenters. The molecule has 0 saturated carbocycles. The number of carbonyl (C=O) groups excluding carboxylic acids is 2. The molecule has 5 rings (SSSR count). The first kappa shape index (κ1) is 31.7. The number of piperazine rings is 1. The van der Waals surface area contributed by atoms with Crippen molar-refractivity contribution in [3.05, 3.63) is 95.9 Å². The van der Waals surface area contributed by atoms with E-state index >= 15 is 0 Å².